The quantitative estimate of drug-likeness (QED) is 0.689. The van der Waals surface area contributed by atoms with Gasteiger partial charge in [0.05, 0.1) is 26.5 Å². The number of hydrogen-bond donors (Lipinski definition) is 0. The molecule has 1 aromatic carbocycles. The van der Waals surface area contributed by atoms with Crippen LogP contribution in [0, 0.1) is 0 Å². The van der Waals surface area contributed by atoms with Gasteiger partial charge >= 0.3 is 0 Å². The number of hydrogen-bond acceptors (Lipinski definition) is 8. The summed E-state index contributed by atoms with van der Waals surface area (Å²) in [6.07, 6.45) is 0. The Labute approximate surface area is 158 Å². The number of ether oxygens (including phenoxy) is 2. The molecule has 0 amide bonds. The number of sulfonamides is 1. The normalized spacial score (nSPS) is 16.4. The first kappa shape index (κ1) is 19.6. The van der Waals surface area contributed by atoms with E-state index >= 15 is 0 Å². The Morgan fingerprint density at radius 1 is 1.11 bits per heavy atom. The van der Waals surface area contributed by atoms with Crippen molar-refractivity contribution in [2.24, 2.45) is 0 Å². The lowest BCUT2D eigenvalue weighted by molar-refractivity contribution is 0.163. The smallest absolute Gasteiger partial charge is 0.241 e. The van der Waals surface area contributed by atoms with E-state index in [-0.39, 0.29) is 5.75 Å². The molecule has 0 spiro atoms. The summed E-state index contributed by atoms with van der Waals surface area (Å²) in [6.45, 7) is 4.37. The Kier molecular flexibility index (Phi) is 5.98. The van der Waals surface area contributed by atoms with Crippen LogP contribution in [0.2, 0.25) is 0 Å². The highest BCUT2D eigenvalue weighted by atomic mass is 32.2. The minimum Gasteiger partial charge on any atom is -0.493 e. The third kappa shape index (κ3) is 4.40. The lowest BCUT2D eigenvalue weighted by atomic mass is 10.2. The Balaban J connectivity index is 1.64. The lowest BCUT2D eigenvalue weighted by Crippen LogP contribution is -2.48. The highest BCUT2D eigenvalue weighted by Gasteiger charge is 2.26. The minimum absolute atomic E-state index is 0.130. The number of piperazine rings is 1. The fourth-order valence-electron chi connectivity index (χ4n) is 2.95. The van der Waals surface area contributed by atoms with Crippen molar-refractivity contribution in [3.8, 4) is 22.9 Å². The molecule has 1 aliphatic heterocycles. The van der Waals surface area contributed by atoms with Crippen molar-refractivity contribution in [1.82, 2.24) is 19.3 Å². The average molecular weight is 396 g/mol. The van der Waals surface area contributed by atoms with Gasteiger partial charge in [0.1, 0.15) is 0 Å². The molecule has 2 heterocycles. The molecule has 10 heteroatoms. The van der Waals surface area contributed by atoms with Gasteiger partial charge in [-0.15, -0.1) is 0 Å². The van der Waals surface area contributed by atoms with Crippen LogP contribution in [-0.2, 0) is 16.6 Å². The first-order chi connectivity index (χ1) is 13.0. The molecule has 0 radical (unpaired) electrons. The summed E-state index contributed by atoms with van der Waals surface area (Å²) >= 11 is 0. The van der Waals surface area contributed by atoms with Crippen LogP contribution in [0.5, 0.6) is 11.5 Å². The summed E-state index contributed by atoms with van der Waals surface area (Å²) in [5.74, 6) is 2.31. The molecule has 0 atom stereocenters. The maximum atomic E-state index is 11.9. The summed E-state index contributed by atoms with van der Waals surface area (Å²) in [6, 6.07) is 5.42. The lowest BCUT2D eigenvalue weighted by Gasteiger charge is -2.32. The molecule has 0 aliphatic carbocycles. The van der Waals surface area contributed by atoms with Gasteiger partial charge in [-0.2, -0.15) is 9.29 Å². The zero-order chi connectivity index (χ0) is 19.4. The van der Waals surface area contributed by atoms with Crippen LogP contribution < -0.4 is 9.47 Å². The predicted molar refractivity (Wildman–Crippen MR) is 99.1 cm³/mol. The van der Waals surface area contributed by atoms with E-state index in [1.165, 1.54) is 4.31 Å². The zero-order valence-electron chi connectivity index (χ0n) is 15.7. The number of nitrogens with zero attached hydrogens (tertiary/aromatic N) is 4. The highest BCUT2D eigenvalue weighted by Crippen LogP contribution is 2.31. The fourth-order valence-corrected chi connectivity index (χ4v) is 4.04. The fraction of sp³-hybridized carbons (Fsp3) is 0.529. The van der Waals surface area contributed by atoms with Crippen LogP contribution in [-0.4, -0.2) is 73.9 Å². The van der Waals surface area contributed by atoms with Crippen LogP contribution in [0.25, 0.3) is 11.4 Å². The zero-order valence-corrected chi connectivity index (χ0v) is 16.5. The molecular formula is C17H24N4O5S. The van der Waals surface area contributed by atoms with Gasteiger partial charge < -0.3 is 14.0 Å². The van der Waals surface area contributed by atoms with Crippen LogP contribution >= 0.6 is 0 Å². The summed E-state index contributed by atoms with van der Waals surface area (Å²) in [5.41, 5.74) is 0.765. The Hall–Kier alpha value is -2.17. The van der Waals surface area contributed by atoms with Gasteiger partial charge in [-0.25, -0.2) is 8.42 Å². The second-order valence-corrected chi connectivity index (χ2v) is 8.41. The molecule has 27 heavy (non-hydrogen) atoms. The molecule has 0 N–H and O–H groups in total. The van der Waals surface area contributed by atoms with Crippen molar-refractivity contribution >= 4 is 10.0 Å². The maximum Gasteiger partial charge on any atom is 0.241 e. The molecule has 2 aromatic rings. The standard InChI is InChI=1S/C17H24N4O5S/c1-4-27(22,23)21-9-7-20(8-10-21)12-16-18-17(19-26-16)13-5-6-14(24-2)15(11-13)25-3/h5-6,11H,4,7-10,12H2,1-3H3. The molecule has 1 fully saturated rings. The first-order valence-electron chi connectivity index (χ1n) is 8.72. The van der Waals surface area contributed by atoms with E-state index < -0.39 is 10.0 Å². The second-order valence-electron chi connectivity index (χ2n) is 6.16. The van der Waals surface area contributed by atoms with Gasteiger partial charge in [-0.05, 0) is 25.1 Å². The van der Waals surface area contributed by atoms with Gasteiger partial charge in [-0.1, -0.05) is 5.16 Å². The van der Waals surface area contributed by atoms with Gasteiger partial charge in [0, 0.05) is 31.7 Å². The average Bonchev–Trinajstić information content (AvgIpc) is 3.16. The summed E-state index contributed by atoms with van der Waals surface area (Å²) < 4.78 is 41.3. The molecule has 3 rings (SSSR count). The molecule has 1 aromatic heterocycles. The highest BCUT2D eigenvalue weighted by molar-refractivity contribution is 7.89. The van der Waals surface area contributed by atoms with E-state index in [1.54, 1.807) is 33.3 Å². The van der Waals surface area contributed by atoms with E-state index in [0.717, 1.165) is 5.56 Å². The van der Waals surface area contributed by atoms with Gasteiger partial charge in [0.25, 0.3) is 0 Å². The largest absolute Gasteiger partial charge is 0.493 e. The molecule has 0 saturated carbocycles. The predicted octanol–water partition coefficient (Wildman–Crippen LogP) is 1.22. The summed E-state index contributed by atoms with van der Waals surface area (Å²) in [7, 11) is 0.0212. The van der Waals surface area contributed by atoms with Crippen molar-refractivity contribution in [1.29, 1.82) is 0 Å². The van der Waals surface area contributed by atoms with Gasteiger partial charge in [-0.3, -0.25) is 4.90 Å². The van der Waals surface area contributed by atoms with E-state index in [1.807, 2.05) is 6.07 Å². The number of aromatic nitrogens is 2. The Morgan fingerprint density at radius 3 is 2.44 bits per heavy atom. The number of rotatable bonds is 7. The summed E-state index contributed by atoms with van der Waals surface area (Å²) in [4.78, 5) is 6.55. The van der Waals surface area contributed by atoms with E-state index in [4.69, 9.17) is 14.0 Å². The van der Waals surface area contributed by atoms with E-state index in [0.29, 0.717) is 55.9 Å². The minimum atomic E-state index is -3.13. The van der Waals surface area contributed by atoms with Crippen LogP contribution in [0.1, 0.15) is 12.8 Å². The molecule has 1 saturated heterocycles. The summed E-state index contributed by atoms with van der Waals surface area (Å²) in [5, 5.41) is 4.03. The van der Waals surface area contributed by atoms with Crippen molar-refractivity contribution in [3.05, 3.63) is 24.1 Å². The second kappa shape index (κ2) is 8.24. The van der Waals surface area contributed by atoms with E-state index in [9.17, 15) is 8.42 Å². The maximum absolute atomic E-state index is 11.9. The molecule has 0 bridgehead atoms. The molecule has 9 nitrogen and oxygen atoms in total. The third-order valence-corrected chi connectivity index (χ3v) is 6.44. The Morgan fingerprint density at radius 2 is 1.81 bits per heavy atom. The molecule has 0 unspecified atom stereocenters. The third-order valence-electron chi connectivity index (χ3n) is 4.56. The first-order valence-corrected chi connectivity index (χ1v) is 10.3. The SMILES string of the molecule is CCS(=O)(=O)N1CCN(Cc2nc(-c3ccc(OC)c(OC)c3)no2)CC1. The van der Waals surface area contributed by atoms with Crippen molar-refractivity contribution < 1.29 is 22.4 Å². The van der Waals surface area contributed by atoms with E-state index in [2.05, 4.69) is 15.0 Å². The van der Waals surface area contributed by atoms with Gasteiger partial charge in [0.15, 0.2) is 11.5 Å². The van der Waals surface area contributed by atoms with Crippen LogP contribution in [0.15, 0.2) is 22.7 Å². The molecule has 1 aliphatic rings. The molecule has 148 valence electrons. The van der Waals surface area contributed by atoms with Gasteiger partial charge in [0.2, 0.25) is 21.7 Å². The Bertz CT molecular complexity index is 875. The van der Waals surface area contributed by atoms with Crippen molar-refractivity contribution in [2.45, 2.75) is 13.5 Å². The van der Waals surface area contributed by atoms with Crippen molar-refractivity contribution in [3.63, 3.8) is 0 Å². The topological polar surface area (TPSA) is 98.0 Å². The van der Waals surface area contributed by atoms with Crippen molar-refractivity contribution in [2.75, 3.05) is 46.2 Å². The number of benzene rings is 1. The van der Waals surface area contributed by atoms with Crippen LogP contribution in [0.3, 0.4) is 0 Å². The van der Waals surface area contributed by atoms with Crippen LogP contribution in [0.4, 0.5) is 0 Å². The molecular weight excluding hydrogens is 372 g/mol. The number of methoxy groups -OCH3 is 2. The monoisotopic (exact) mass is 396 g/mol.